The maximum absolute atomic E-state index is 13.1. The lowest BCUT2D eigenvalue weighted by Crippen LogP contribution is -2.48. The smallest absolute Gasteiger partial charge is 0.267 e. The average molecular weight is 341 g/mol. The lowest BCUT2D eigenvalue weighted by atomic mass is 9.85. The number of benzene rings is 1. The summed E-state index contributed by atoms with van der Waals surface area (Å²) in [5, 5.41) is 0. The minimum Gasteiger partial charge on any atom is -0.274 e. The number of imide groups is 3. The summed E-state index contributed by atoms with van der Waals surface area (Å²) in [6, 6.07) is 8.71. The van der Waals surface area contributed by atoms with Gasteiger partial charge in [0.15, 0.2) is 0 Å². The van der Waals surface area contributed by atoms with E-state index in [2.05, 4.69) is 0 Å². The Labute approximate surface area is 149 Å². The fourth-order valence-corrected chi connectivity index (χ4v) is 4.08. The van der Waals surface area contributed by atoms with Crippen molar-refractivity contribution in [3.8, 4) is 0 Å². The van der Waals surface area contributed by atoms with Crippen LogP contribution in [0, 0.1) is 11.8 Å². The molecule has 2 aliphatic rings. The monoisotopic (exact) mass is 341 g/mol. The third-order valence-electron chi connectivity index (χ3n) is 5.57. The molecule has 0 N–H and O–H groups in total. The van der Waals surface area contributed by atoms with Crippen molar-refractivity contribution in [1.82, 2.24) is 4.90 Å². The quantitative estimate of drug-likeness (QED) is 0.768. The van der Waals surface area contributed by atoms with E-state index < -0.39 is 5.91 Å². The maximum atomic E-state index is 13.1. The number of rotatable bonds is 3. The summed E-state index contributed by atoms with van der Waals surface area (Å²) in [6.45, 7) is 0. The third kappa shape index (κ3) is 4.17. The molecule has 4 nitrogen and oxygen atoms in total. The van der Waals surface area contributed by atoms with E-state index in [1.165, 1.54) is 0 Å². The molecule has 1 aromatic rings. The van der Waals surface area contributed by atoms with Crippen LogP contribution in [0.4, 0.5) is 0 Å². The molecule has 2 fully saturated rings. The summed E-state index contributed by atoms with van der Waals surface area (Å²) in [7, 11) is 0. The fraction of sp³-hybridized carbons (Fsp3) is 0.571. The van der Waals surface area contributed by atoms with Gasteiger partial charge in [0.25, 0.3) is 5.91 Å². The summed E-state index contributed by atoms with van der Waals surface area (Å²) in [5.41, 5.74) is 0.413. The van der Waals surface area contributed by atoms with Crippen LogP contribution in [-0.2, 0) is 9.59 Å². The molecule has 0 aliphatic heterocycles. The van der Waals surface area contributed by atoms with Crippen LogP contribution in [0.2, 0.25) is 0 Å². The molecule has 0 atom stereocenters. The van der Waals surface area contributed by atoms with Gasteiger partial charge in [-0.3, -0.25) is 14.4 Å². The molecule has 2 aliphatic carbocycles. The van der Waals surface area contributed by atoms with Crippen LogP contribution >= 0.6 is 0 Å². The Kier molecular flexibility index (Phi) is 6.00. The first-order chi connectivity index (χ1) is 12.2. The standard InChI is InChI=1S/C21H27NO3/c23-19(16-10-4-1-5-11-16)22(20(24)17-12-6-2-7-13-17)21(25)18-14-8-3-9-15-18/h1,4-5,10-11,17-18H,2-3,6-9,12-15H2. The van der Waals surface area contributed by atoms with Gasteiger partial charge >= 0.3 is 0 Å². The second kappa shape index (κ2) is 8.41. The van der Waals surface area contributed by atoms with Crippen molar-refractivity contribution in [2.75, 3.05) is 0 Å². The normalized spacial score (nSPS) is 19.4. The summed E-state index contributed by atoms with van der Waals surface area (Å²) in [5.74, 6) is -1.37. The Morgan fingerprint density at radius 3 is 1.56 bits per heavy atom. The summed E-state index contributed by atoms with van der Waals surface area (Å²) in [4.78, 5) is 40.2. The molecular weight excluding hydrogens is 314 g/mol. The number of nitrogens with zero attached hydrogens (tertiary/aromatic N) is 1. The van der Waals surface area contributed by atoms with Crippen molar-refractivity contribution in [1.29, 1.82) is 0 Å². The second-order valence-corrected chi connectivity index (χ2v) is 7.35. The van der Waals surface area contributed by atoms with Crippen LogP contribution in [-0.4, -0.2) is 22.6 Å². The molecule has 0 spiro atoms. The number of hydrogen-bond acceptors (Lipinski definition) is 3. The largest absolute Gasteiger partial charge is 0.274 e. The molecule has 0 saturated heterocycles. The fourth-order valence-electron chi connectivity index (χ4n) is 4.08. The second-order valence-electron chi connectivity index (χ2n) is 7.35. The van der Waals surface area contributed by atoms with Gasteiger partial charge in [0.2, 0.25) is 11.8 Å². The lowest BCUT2D eigenvalue weighted by molar-refractivity contribution is -0.147. The van der Waals surface area contributed by atoms with Crippen LogP contribution in [0.1, 0.15) is 74.6 Å². The van der Waals surface area contributed by atoms with Gasteiger partial charge in [-0.25, -0.2) is 4.90 Å². The van der Waals surface area contributed by atoms with E-state index in [0.29, 0.717) is 5.56 Å². The van der Waals surface area contributed by atoms with Crippen molar-refractivity contribution >= 4 is 17.7 Å². The van der Waals surface area contributed by atoms with Gasteiger partial charge in [-0.2, -0.15) is 0 Å². The van der Waals surface area contributed by atoms with Crippen molar-refractivity contribution < 1.29 is 14.4 Å². The first-order valence-electron chi connectivity index (χ1n) is 9.65. The lowest BCUT2D eigenvalue weighted by Gasteiger charge is -2.30. The first-order valence-corrected chi connectivity index (χ1v) is 9.65. The van der Waals surface area contributed by atoms with Gasteiger partial charge in [0.05, 0.1) is 0 Å². The molecule has 2 saturated carbocycles. The number of carbonyl (C=O) groups is 3. The van der Waals surface area contributed by atoms with E-state index in [1.54, 1.807) is 24.3 Å². The number of carbonyl (C=O) groups excluding carboxylic acids is 3. The van der Waals surface area contributed by atoms with Crippen molar-refractivity contribution in [3.63, 3.8) is 0 Å². The van der Waals surface area contributed by atoms with Crippen LogP contribution in [0.15, 0.2) is 30.3 Å². The minimum absolute atomic E-state index is 0.186. The van der Waals surface area contributed by atoms with E-state index in [0.717, 1.165) is 69.1 Å². The van der Waals surface area contributed by atoms with Crippen LogP contribution in [0.3, 0.4) is 0 Å². The summed E-state index contributed by atoms with van der Waals surface area (Å²) < 4.78 is 0. The molecule has 134 valence electrons. The molecule has 0 heterocycles. The molecule has 3 amide bonds. The Bertz CT molecular complexity index is 583. The van der Waals surface area contributed by atoms with E-state index in [9.17, 15) is 14.4 Å². The number of hydrogen-bond donors (Lipinski definition) is 0. The van der Waals surface area contributed by atoms with E-state index in [4.69, 9.17) is 0 Å². The Hall–Kier alpha value is -1.97. The highest BCUT2D eigenvalue weighted by Gasteiger charge is 2.38. The van der Waals surface area contributed by atoms with E-state index in [1.807, 2.05) is 6.07 Å². The van der Waals surface area contributed by atoms with Crippen molar-refractivity contribution in [2.45, 2.75) is 64.2 Å². The average Bonchev–Trinajstić information content (AvgIpc) is 2.70. The molecule has 0 radical (unpaired) electrons. The summed E-state index contributed by atoms with van der Waals surface area (Å²) in [6.07, 6.45) is 9.42. The number of amides is 3. The molecule has 0 unspecified atom stereocenters. The van der Waals surface area contributed by atoms with Crippen LogP contribution in [0.5, 0.6) is 0 Å². The van der Waals surface area contributed by atoms with E-state index in [-0.39, 0.29) is 23.7 Å². The van der Waals surface area contributed by atoms with Crippen molar-refractivity contribution in [3.05, 3.63) is 35.9 Å². The van der Waals surface area contributed by atoms with Crippen molar-refractivity contribution in [2.24, 2.45) is 11.8 Å². The highest BCUT2D eigenvalue weighted by atomic mass is 16.2. The molecule has 0 aromatic heterocycles. The predicted molar refractivity (Wildman–Crippen MR) is 95.8 cm³/mol. The zero-order valence-corrected chi connectivity index (χ0v) is 14.8. The van der Waals surface area contributed by atoms with Gasteiger partial charge in [-0.05, 0) is 37.8 Å². The molecule has 1 aromatic carbocycles. The zero-order chi connectivity index (χ0) is 17.6. The maximum Gasteiger partial charge on any atom is 0.267 e. The molecule has 3 rings (SSSR count). The Morgan fingerprint density at radius 2 is 1.12 bits per heavy atom. The van der Waals surface area contributed by atoms with Gasteiger partial charge in [0, 0.05) is 17.4 Å². The third-order valence-corrected chi connectivity index (χ3v) is 5.57. The SMILES string of the molecule is O=C(c1ccccc1)N(C(=O)C1CCCCC1)C(=O)C1CCCCC1. The van der Waals surface area contributed by atoms with Crippen LogP contribution in [0.25, 0.3) is 0 Å². The highest BCUT2D eigenvalue weighted by Crippen LogP contribution is 2.30. The predicted octanol–water partition coefficient (Wildman–Crippen LogP) is 4.34. The molecular formula is C21H27NO3. The van der Waals surface area contributed by atoms with Gasteiger partial charge in [-0.15, -0.1) is 0 Å². The Balaban J connectivity index is 1.85. The molecule has 4 heteroatoms. The van der Waals surface area contributed by atoms with E-state index >= 15 is 0 Å². The molecule has 0 bridgehead atoms. The topological polar surface area (TPSA) is 54.5 Å². The molecule has 25 heavy (non-hydrogen) atoms. The summed E-state index contributed by atoms with van der Waals surface area (Å²) >= 11 is 0. The Morgan fingerprint density at radius 1 is 0.680 bits per heavy atom. The minimum atomic E-state index is -0.452. The van der Waals surface area contributed by atoms with Crippen LogP contribution < -0.4 is 0 Å². The van der Waals surface area contributed by atoms with Gasteiger partial charge in [0.1, 0.15) is 0 Å². The first kappa shape index (κ1) is 17.8. The van der Waals surface area contributed by atoms with Gasteiger partial charge in [-0.1, -0.05) is 56.7 Å². The van der Waals surface area contributed by atoms with Gasteiger partial charge < -0.3 is 0 Å². The zero-order valence-electron chi connectivity index (χ0n) is 14.8. The highest BCUT2D eigenvalue weighted by molar-refractivity contribution is 6.17.